The number of benzene rings is 2. The normalized spacial score (nSPS) is 11.4. The minimum absolute atomic E-state index is 0.624. The molecule has 0 bridgehead atoms. The zero-order valence-corrected chi connectivity index (χ0v) is 13.7. The van der Waals surface area contributed by atoms with Gasteiger partial charge in [0, 0.05) is 10.6 Å². The lowest BCUT2D eigenvalue weighted by atomic mass is 10.2. The Balaban J connectivity index is 1.71. The molecule has 5 rings (SSSR count). The molecule has 0 saturated carbocycles. The van der Waals surface area contributed by atoms with Crippen LogP contribution in [-0.4, -0.2) is 29.4 Å². The van der Waals surface area contributed by atoms with Gasteiger partial charge >= 0.3 is 0 Å². The van der Waals surface area contributed by atoms with Gasteiger partial charge in [0.05, 0.1) is 17.3 Å². The van der Waals surface area contributed by atoms with E-state index in [0.29, 0.717) is 10.8 Å². The Labute approximate surface area is 147 Å². The summed E-state index contributed by atoms with van der Waals surface area (Å²) in [6, 6.07) is 17.3. The summed E-state index contributed by atoms with van der Waals surface area (Å²) in [5.41, 5.74) is 3.31. The molecule has 6 nitrogen and oxygen atoms in total. The molecule has 0 amide bonds. The van der Waals surface area contributed by atoms with Crippen molar-refractivity contribution < 1.29 is 0 Å². The van der Waals surface area contributed by atoms with E-state index in [1.165, 1.54) is 0 Å². The molecule has 3 heterocycles. The maximum atomic E-state index is 5.95. The van der Waals surface area contributed by atoms with Gasteiger partial charge in [-0.3, -0.25) is 0 Å². The van der Waals surface area contributed by atoms with Gasteiger partial charge in [-0.1, -0.05) is 29.8 Å². The number of hydrogen-bond donors (Lipinski definition) is 0. The maximum absolute atomic E-state index is 5.95. The van der Waals surface area contributed by atoms with Gasteiger partial charge in [-0.25, -0.2) is 19.2 Å². The molecule has 0 spiro atoms. The standard InChI is InChI=1S/C18H11ClN6/c19-13-8-6-12(7-9-13)16-22-18-15-10-21-25(14-4-2-1-3-5-14)17(15)20-11-24(18)23-16/h1-11H. The monoisotopic (exact) mass is 346 g/mol. The molecule has 0 N–H and O–H groups in total. The fourth-order valence-corrected chi connectivity index (χ4v) is 2.93. The number of para-hydroxylation sites is 1. The third-order valence-electron chi connectivity index (χ3n) is 4.01. The van der Waals surface area contributed by atoms with Gasteiger partial charge in [-0.15, -0.1) is 5.10 Å². The third-order valence-corrected chi connectivity index (χ3v) is 4.26. The highest BCUT2D eigenvalue weighted by atomic mass is 35.5. The number of nitrogens with zero attached hydrogens (tertiary/aromatic N) is 6. The molecule has 0 fully saturated rings. The van der Waals surface area contributed by atoms with Crippen LogP contribution in [0.2, 0.25) is 5.02 Å². The summed E-state index contributed by atoms with van der Waals surface area (Å²) >= 11 is 5.95. The number of rotatable bonds is 2. The lowest BCUT2D eigenvalue weighted by Crippen LogP contribution is -1.98. The van der Waals surface area contributed by atoms with Crippen molar-refractivity contribution in [1.29, 1.82) is 0 Å². The van der Waals surface area contributed by atoms with Crippen LogP contribution in [0, 0.1) is 0 Å². The van der Waals surface area contributed by atoms with E-state index in [4.69, 9.17) is 11.6 Å². The van der Waals surface area contributed by atoms with E-state index in [1.807, 2.05) is 54.6 Å². The average Bonchev–Trinajstić information content (AvgIpc) is 3.26. The molecular formula is C18H11ClN6. The number of aromatic nitrogens is 6. The largest absolute Gasteiger partial charge is 0.216 e. The smallest absolute Gasteiger partial charge is 0.182 e. The van der Waals surface area contributed by atoms with Crippen molar-refractivity contribution in [3.05, 3.63) is 72.1 Å². The molecule has 3 aromatic heterocycles. The van der Waals surface area contributed by atoms with Gasteiger partial charge in [0.2, 0.25) is 0 Å². The van der Waals surface area contributed by atoms with Gasteiger partial charge in [-0.2, -0.15) is 5.10 Å². The van der Waals surface area contributed by atoms with Gasteiger partial charge in [-0.05, 0) is 36.4 Å². The lowest BCUT2D eigenvalue weighted by Gasteiger charge is -2.01. The SMILES string of the molecule is Clc1ccc(-c2nc3c4cnn(-c5ccccc5)c4ncn3n2)cc1. The topological polar surface area (TPSA) is 60.9 Å². The fourth-order valence-electron chi connectivity index (χ4n) is 2.80. The van der Waals surface area contributed by atoms with Gasteiger partial charge in [0.25, 0.3) is 0 Å². The molecule has 25 heavy (non-hydrogen) atoms. The van der Waals surface area contributed by atoms with E-state index in [2.05, 4.69) is 20.2 Å². The predicted molar refractivity (Wildman–Crippen MR) is 95.9 cm³/mol. The first-order chi connectivity index (χ1) is 12.3. The van der Waals surface area contributed by atoms with Crippen LogP contribution in [0.4, 0.5) is 0 Å². The van der Waals surface area contributed by atoms with Gasteiger partial charge in [0.15, 0.2) is 17.1 Å². The Morgan fingerprint density at radius 3 is 2.48 bits per heavy atom. The summed E-state index contributed by atoms with van der Waals surface area (Å²) in [6.45, 7) is 0. The van der Waals surface area contributed by atoms with Gasteiger partial charge < -0.3 is 0 Å². The summed E-state index contributed by atoms with van der Waals surface area (Å²) in [6.07, 6.45) is 3.43. The minimum Gasteiger partial charge on any atom is -0.216 e. The van der Waals surface area contributed by atoms with Crippen molar-refractivity contribution in [1.82, 2.24) is 29.4 Å². The van der Waals surface area contributed by atoms with E-state index < -0.39 is 0 Å². The molecule has 7 heteroatoms. The van der Waals surface area contributed by atoms with Crippen LogP contribution in [0.1, 0.15) is 0 Å². The summed E-state index contributed by atoms with van der Waals surface area (Å²) in [5.74, 6) is 0.624. The first kappa shape index (κ1) is 14.1. The highest BCUT2D eigenvalue weighted by Crippen LogP contribution is 2.23. The molecule has 5 aromatic rings. The fraction of sp³-hybridized carbons (Fsp3) is 0. The molecular weight excluding hydrogens is 336 g/mol. The van der Waals surface area contributed by atoms with Crippen LogP contribution in [0.25, 0.3) is 33.8 Å². The molecule has 2 aromatic carbocycles. The zero-order valence-electron chi connectivity index (χ0n) is 12.9. The molecule has 0 aliphatic carbocycles. The first-order valence-electron chi connectivity index (χ1n) is 7.70. The first-order valence-corrected chi connectivity index (χ1v) is 8.08. The van der Waals surface area contributed by atoms with Gasteiger partial charge in [0.1, 0.15) is 6.33 Å². The molecule has 0 aliphatic rings. The minimum atomic E-state index is 0.624. The second kappa shape index (κ2) is 5.39. The Morgan fingerprint density at radius 2 is 1.68 bits per heavy atom. The van der Waals surface area contributed by atoms with Crippen molar-refractivity contribution in [3.8, 4) is 17.1 Å². The second-order valence-electron chi connectivity index (χ2n) is 5.58. The van der Waals surface area contributed by atoms with Crippen molar-refractivity contribution in [2.75, 3.05) is 0 Å². The summed E-state index contributed by atoms with van der Waals surface area (Å²) in [7, 11) is 0. The quantitative estimate of drug-likeness (QED) is 0.488. The highest BCUT2D eigenvalue weighted by Gasteiger charge is 2.14. The van der Waals surface area contributed by atoms with Crippen LogP contribution in [0.5, 0.6) is 0 Å². The zero-order chi connectivity index (χ0) is 16.8. The number of fused-ring (bicyclic) bond motifs is 3. The Bertz CT molecular complexity index is 1190. The Hall–Kier alpha value is -3.25. The Morgan fingerprint density at radius 1 is 0.880 bits per heavy atom. The van der Waals surface area contributed by atoms with Crippen molar-refractivity contribution in [2.45, 2.75) is 0 Å². The van der Waals surface area contributed by atoms with E-state index in [-0.39, 0.29) is 0 Å². The summed E-state index contributed by atoms with van der Waals surface area (Å²) in [5, 5.41) is 10.5. The maximum Gasteiger partial charge on any atom is 0.182 e. The summed E-state index contributed by atoms with van der Waals surface area (Å²) in [4.78, 5) is 9.17. The van der Waals surface area contributed by atoms with Crippen molar-refractivity contribution >= 4 is 28.3 Å². The number of hydrogen-bond acceptors (Lipinski definition) is 4. The van der Waals surface area contributed by atoms with E-state index in [0.717, 1.165) is 27.9 Å². The van der Waals surface area contributed by atoms with Crippen LogP contribution in [-0.2, 0) is 0 Å². The van der Waals surface area contributed by atoms with E-state index in [1.54, 1.807) is 21.7 Å². The molecule has 0 aliphatic heterocycles. The van der Waals surface area contributed by atoms with Crippen LogP contribution >= 0.6 is 11.6 Å². The second-order valence-corrected chi connectivity index (χ2v) is 6.02. The van der Waals surface area contributed by atoms with Crippen LogP contribution in [0.3, 0.4) is 0 Å². The molecule has 0 saturated heterocycles. The van der Waals surface area contributed by atoms with Crippen molar-refractivity contribution in [2.24, 2.45) is 0 Å². The predicted octanol–water partition coefficient (Wildman–Crippen LogP) is 3.78. The molecule has 120 valence electrons. The van der Waals surface area contributed by atoms with E-state index >= 15 is 0 Å². The molecule has 0 unspecified atom stereocenters. The Kier molecular flexibility index (Phi) is 3.05. The molecule has 0 atom stereocenters. The molecule has 0 radical (unpaired) electrons. The lowest BCUT2D eigenvalue weighted by molar-refractivity contribution is 0.882. The highest BCUT2D eigenvalue weighted by molar-refractivity contribution is 6.30. The number of halogens is 1. The average molecular weight is 347 g/mol. The van der Waals surface area contributed by atoms with Crippen LogP contribution in [0.15, 0.2) is 67.1 Å². The van der Waals surface area contributed by atoms with E-state index in [9.17, 15) is 0 Å². The van der Waals surface area contributed by atoms with Crippen LogP contribution < -0.4 is 0 Å². The third kappa shape index (κ3) is 2.27. The van der Waals surface area contributed by atoms with Crippen molar-refractivity contribution in [3.63, 3.8) is 0 Å². The summed E-state index contributed by atoms with van der Waals surface area (Å²) < 4.78 is 3.47.